The third kappa shape index (κ3) is 3.46. The largest absolute Gasteiger partial charge is 0.480 e. The normalized spacial score (nSPS) is 13.4. The first kappa shape index (κ1) is 8.88. The van der Waals surface area contributed by atoms with E-state index >= 15 is 0 Å². The number of carbonyl (C=O) groups is 1. The molecule has 0 saturated carbocycles. The molecule has 0 radical (unpaired) electrons. The van der Waals surface area contributed by atoms with E-state index in [9.17, 15) is 9.36 Å². The molecule has 9 heavy (non-hydrogen) atoms. The van der Waals surface area contributed by atoms with Gasteiger partial charge in [-0.2, -0.15) is 12.6 Å². The molecule has 0 heterocycles. The molecular weight excluding hydrogens is 161 g/mol. The van der Waals surface area contributed by atoms with E-state index < -0.39 is 12.0 Å². The molecule has 0 aliphatic rings. The summed E-state index contributed by atoms with van der Waals surface area (Å²) in [5, 5.41) is 10.4. The second-order valence-electron chi connectivity index (χ2n) is 1.29. The van der Waals surface area contributed by atoms with Crippen molar-refractivity contribution in [3.8, 4) is 0 Å². The summed E-state index contributed by atoms with van der Waals surface area (Å²) in [5.41, 5.74) is 0. The second-order valence-corrected chi connectivity index (χ2v) is 2.10. The molecule has 0 amide bonds. The Labute approximate surface area is 59.3 Å². The highest BCUT2D eigenvalue weighted by Gasteiger charge is 2.13. The van der Waals surface area contributed by atoms with Gasteiger partial charge in [0.2, 0.25) is 8.61 Å². The first-order valence-corrected chi connectivity index (χ1v) is 3.58. The average molecular weight is 167 g/mol. The monoisotopic (exact) mass is 167 g/mol. The number of hydrogen-bond acceptors (Lipinski definition) is 3. The molecule has 0 bridgehead atoms. The summed E-state index contributed by atoms with van der Waals surface area (Å²) in [6.45, 7) is 0. The second kappa shape index (κ2) is 4.73. The minimum absolute atomic E-state index is 0.130. The van der Waals surface area contributed by atoms with E-state index in [1.165, 1.54) is 0 Å². The number of aliphatic carboxylic acids is 1. The molecule has 6 heteroatoms. The van der Waals surface area contributed by atoms with Crippen LogP contribution in [0.15, 0.2) is 0 Å². The lowest BCUT2D eigenvalue weighted by atomic mass is 10.4. The fraction of sp³-hybridized carbons (Fsp3) is 0.667. The highest BCUT2D eigenvalue weighted by molar-refractivity contribution is 7.80. The topological polar surface area (TPSA) is 66.4 Å². The van der Waals surface area contributed by atoms with Crippen molar-refractivity contribution in [2.24, 2.45) is 0 Å². The Morgan fingerprint density at radius 3 is 2.56 bits per heavy atom. The van der Waals surface area contributed by atoms with Crippen LogP contribution in [-0.2, 0) is 9.36 Å². The smallest absolute Gasteiger partial charge is 0.322 e. The first-order valence-electron chi connectivity index (χ1n) is 2.14. The molecule has 0 saturated heterocycles. The van der Waals surface area contributed by atoms with Gasteiger partial charge in [-0.15, -0.1) is 0 Å². The molecule has 0 aromatic carbocycles. The standard InChI is InChI=1S/C3H6NO3PS/c5-3(6)2(1-9)4-8-7/h2,9H,1H2,(H,4,7)(H,5,6). The van der Waals surface area contributed by atoms with Crippen LogP contribution in [0.1, 0.15) is 0 Å². The van der Waals surface area contributed by atoms with Crippen molar-refractivity contribution < 1.29 is 14.5 Å². The highest BCUT2D eigenvalue weighted by atomic mass is 32.1. The van der Waals surface area contributed by atoms with Crippen molar-refractivity contribution in [2.75, 3.05) is 5.75 Å². The molecule has 0 rings (SSSR count). The van der Waals surface area contributed by atoms with Gasteiger partial charge in [0.1, 0.15) is 6.04 Å². The minimum atomic E-state index is -1.05. The molecular formula is C3H6NO3PS. The van der Waals surface area contributed by atoms with Gasteiger partial charge in [0, 0.05) is 5.75 Å². The molecule has 2 N–H and O–H groups in total. The predicted molar refractivity (Wildman–Crippen MR) is 36.0 cm³/mol. The number of hydrogen-bond donors (Lipinski definition) is 3. The molecule has 0 fully saturated rings. The first-order chi connectivity index (χ1) is 4.22. The molecule has 0 aliphatic heterocycles. The Hall–Kier alpha value is -0.120. The number of thiol groups is 1. The van der Waals surface area contributed by atoms with E-state index in [1.807, 2.05) is 0 Å². The van der Waals surface area contributed by atoms with Gasteiger partial charge in [-0.25, -0.2) is 5.09 Å². The van der Waals surface area contributed by atoms with Gasteiger partial charge in [-0.1, -0.05) is 0 Å². The summed E-state index contributed by atoms with van der Waals surface area (Å²) in [7, 11) is -0.380. The van der Waals surface area contributed by atoms with Crippen molar-refractivity contribution in [3.63, 3.8) is 0 Å². The van der Waals surface area contributed by atoms with E-state index in [0.29, 0.717) is 0 Å². The molecule has 0 aromatic rings. The van der Waals surface area contributed by atoms with Crippen LogP contribution in [0.3, 0.4) is 0 Å². The van der Waals surface area contributed by atoms with Gasteiger partial charge >= 0.3 is 5.97 Å². The van der Waals surface area contributed by atoms with Crippen LogP contribution >= 0.6 is 21.2 Å². The van der Waals surface area contributed by atoms with Crippen molar-refractivity contribution in [1.82, 2.24) is 5.09 Å². The van der Waals surface area contributed by atoms with Crippen molar-refractivity contribution in [3.05, 3.63) is 0 Å². The van der Waals surface area contributed by atoms with Crippen LogP contribution in [-0.4, -0.2) is 22.9 Å². The molecule has 0 aromatic heterocycles. The van der Waals surface area contributed by atoms with Crippen LogP contribution in [0.4, 0.5) is 0 Å². The summed E-state index contributed by atoms with van der Waals surface area (Å²) in [6, 6.07) is -0.826. The van der Waals surface area contributed by atoms with Crippen molar-refractivity contribution in [1.29, 1.82) is 0 Å². The Bertz CT molecular complexity index is 120. The van der Waals surface area contributed by atoms with Gasteiger partial charge in [-0.3, -0.25) is 9.36 Å². The zero-order valence-corrected chi connectivity index (χ0v) is 6.23. The minimum Gasteiger partial charge on any atom is -0.480 e. The van der Waals surface area contributed by atoms with Crippen molar-refractivity contribution >= 4 is 27.2 Å². The van der Waals surface area contributed by atoms with E-state index in [-0.39, 0.29) is 14.4 Å². The summed E-state index contributed by atoms with van der Waals surface area (Å²) in [4.78, 5) is 10.1. The van der Waals surface area contributed by atoms with E-state index in [4.69, 9.17) is 5.11 Å². The number of carboxylic acids is 1. The van der Waals surface area contributed by atoms with Gasteiger partial charge in [0.25, 0.3) is 0 Å². The maximum atomic E-state index is 10.1. The Kier molecular flexibility index (Phi) is 4.67. The third-order valence-electron chi connectivity index (χ3n) is 0.689. The fourth-order valence-corrected chi connectivity index (χ4v) is 0.958. The van der Waals surface area contributed by atoms with Crippen LogP contribution in [0.5, 0.6) is 0 Å². The lowest BCUT2D eigenvalue weighted by Crippen LogP contribution is -2.32. The summed E-state index contributed by atoms with van der Waals surface area (Å²) >= 11 is 3.70. The highest BCUT2D eigenvalue weighted by Crippen LogP contribution is 1.93. The van der Waals surface area contributed by atoms with E-state index in [2.05, 4.69) is 17.7 Å². The van der Waals surface area contributed by atoms with Crippen LogP contribution < -0.4 is 5.09 Å². The van der Waals surface area contributed by atoms with Gasteiger partial charge in [-0.05, 0) is 0 Å². The van der Waals surface area contributed by atoms with Gasteiger partial charge in [0.05, 0.1) is 0 Å². The predicted octanol–water partition coefficient (Wildman–Crippen LogP) is 0.166. The lowest BCUT2D eigenvalue weighted by Gasteiger charge is -2.02. The summed E-state index contributed by atoms with van der Waals surface area (Å²) in [6.07, 6.45) is 0. The third-order valence-corrected chi connectivity index (χ3v) is 1.47. The van der Waals surface area contributed by atoms with E-state index in [1.54, 1.807) is 0 Å². The number of rotatable bonds is 4. The Morgan fingerprint density at radius 1 is 1.89 bits per heavy atom. The van der Waals surface area contributed by atoms with E-state index in [0.717, 1.165) is 0 Å². The summed E-state index contributed by atoms with van der Waals surface area (Å²) < 4.78 is 9.77. The molecule has 0 aliphatic carbocycles. The maximum absolute atomic E-state index is 10.1. The molecule has 0 spiro atoms. The van der Waals surface area contributed by atoms with Crippen LogP contribution in [0, 0.1) is 0 Å². The molecule has 52 valence electrons. The molecule has 1 atom stereocenters. The number of nitrogens with one attached hydrogen (secondary N) is 1. The maximum Gasteiger partial charge on any atom is 0.322 e. The quantitative estimate of drug-likeness (QED) is 0.412. The zero-order chi connectivity index (χ0) is 7.28. The fourth-order valence-electron chi connectivity index (χ4n) is 0.238. The van der Waals surface area contributed by atoms with Gasteiger partial charge < -0.3 is 5.11 Å². The van der Waals surface area contributed by atoms with Gasteiger partial charge in [0.15, 0.2) is 0 Å². The Balaban J connectivity index is 3.67. The average Bonchev–Trinajstić information content (AvgIpc) is 1.82. The van der Waals surface area contributed by atoms with Crippen LogP contribution in [0.2, 0.25) is 0 Å². The van der Waals surface area contributed by atoms with Crippen LogP contribution in [0.25, 0.3) is 0 Å². The van der Waals surface area contributed by atoms with Crippen molar-refractivity contribution in [2.45, 2.75) is 6.04 Å². The zero-order valence-electron chi connectivity index (χ0n) is 4.44. The Morgan fingerprint density at radius 2 is 2.44 bits per heavy atom. The summed E-state index contributed by atoms with van der Waals surface area (Å²) in [5.74, 6) is -0.918. The molecule has 4 nitrogen and oxygen atoms in total. The SMILES string of the molecule is O=PNC(CS)C(=O)O. The lowest BCUT2D eigenvalue weighted by molar-refractivity contribution is -0.138. The molecule has 1 unspecified atom stereocenters. The number of carboxylic acid groups (broad SMARTS) is 1.